The van der Waals surface area contributed by atoms with Gasteiger partial charge in [-0.2, -0.15) is 0 Å². The first kappa shape index (κ1) is 8.74. The van der Waals surface area contributed by atoms with Crippen molar-refractivity contribution in [2.24, 2.45) is 7.05 Å². The molecule has 0 bridgehead atoms. The predicted octanol–water partition coefficient (Wildman–Crippen LogP) is 1.37. The van der Waals surface area contributed by atoms with Crippen molar-refractivity contribution < 1.29 is 0 Å². The number of hydrogen-bond donors (Lipinski definition) is 1. The van der Waals surface area contributed by atoms with Gasteiger partial charge in [-0.15, -0.1) is 0 Å². The highest BCUT2D eigenvalue weighted by Crippen LogP contribution is 2.17. The quantitative estimate of drug-likeness (QED) is 0.735. The summed E-state index contributed by atoms with van der Waals surface area (Å²) in [6.07, 6.45) is 1.98. The summed E-state index contributed by atoms with van der Waals surface area (Å²) in [6, 6.07) is 5.90. The maximum atomic E-state index is 5.58. The molecule has 4 nitrogen and oxygen atoms in total. The van der Waals surface area contributed by atoms with Gasteiger partial charge in [0.2, 0.25) is 5.95 Å². The van der Waals surface area contributed by atoms with E-state index in [9.17, 15) is 0 Å². The molecule has 2 rings (SSSR count). The summed E-state index contributed by atoms with van der Waals surface area (Å²) < 4.78 is 2.00. The first-order valence-electron chi connectivity index (χ1n) is 4.39. The Kier molecular flexibility index (Phi) is 1.96. The zero-order valence-electron chi connectivity index (χ0n) is 8.23. The minimum absolute atomic E-state index is 0.321. The Balaban J connectivity index is 2.57. The summed E-state index contributed by atoms with van der Waals surface area (Å²) >= 11 is 0. The lowest BCUT2D eigenvalue weighted by atomic mass is 10.2. The summed E-state index contributed by atoms with van der Waals surface area (Å²) in [6.45, 7) is 1.91. The van der Waals surface area contributed by atoms with Gasteiger partial charge in [-0.1, -0.05) is 0 Å². The van der Waals surface area contributed by atoms with Crippen molar-refractivity contribution >= 4 is 5.95 Å². The summed E-state index contributed by atoms with van der Waals surface area (Å²) in [5.41, 5.74) is 8.37. The number of hydrogen-bond acceptors (Lipinski definition) is 3. The van der Waals surface area contributed by atoms with E-state index < -0.39 is 0 Å². The van der Waals surface area contributed by atoms with Crippen molar-refractivity contribution in [3.63, 3.8) is 0 Å². The molecule has 2 heterocycles. The maximum absolute atomic E-state index is 5.58. The molecule has 14 heavy (non-hydrogen) atoms. The first-order valence-corrected chi connectivity index (χ1v) is 4.39. The van der Waals surface area contributed by atoms with E-state index in [2.05, 4.69) is 9.97 Å². The third kappa shape index (κ3) is 1.46. The third-order valence-corrected chi connectivity index (χ3v) is 2.08. The van der Waals surface area contributed by atoms with Crippen LogP contribution < -0.4 is 5.73 Å². The minimum Gasteiger partial charge on any atom is -0.368 e. The van der Waals surface area contributed by atoms with E-state index in [0.717, 1.165) is 17.1 Å². The molecule has 0 aliphatic rings. The molecule has 0 fully saturated rings. The summed E-state index contributed by atoms with van der Waals surface area (Å²) in [5, 5.41) is 0. The molecule has 0 unspecified atom stereocenters. The minimum atomic E-state index is 0.321. The van der Waals surface area contributed by atoms with E-state index in [1.54, 1.807) is 0 Å². The summed E-state index contributed by atoms with van der Waals surface area (Å²) in [7, 11) is 1.98. The fourth-order valence-corrected chi connectivity index (χ4v) is 1.45. The van der Waals surface area contributed by atoms with Crippen LogP contribution in [0.2, 0.25) is 0 Å². The molecule has 2 aromatic rings. The van der Waals surface area contributed by atoms with Crippen molar-refractivity contribution in [2.45, 2.75) is 6.92 Å². The van der Waals surface area contributed by atoms with Crippen molar-refractivity contribution in [1.82, 2.24) is 14.5 Å². The number of rotatable bonds is 1. The predicted molar refractivity (Wildman–Crippen MR) is 55.6 cm³/mol. The largest absolute Gasteiger partial charge is 0.368 e. The standard InChI is InChI=1S/C10H12N4/c1-7-6-8(13-10(11)12-7)9-4-3-5-14(9)2/h3-6H,1-2H3,(H2,11,12,13). The van der Waals surface area contributed by atoms with E-state index in [0.29, 0.717) is 5.95 Å². The lowest BCUT2D eigenvalue weighted by Crippen LogP contribution is -2.00. The molecule has 0 atom stereocenters. The molecule has 0 aliphatic heterocycles. The monoisotopic (exact) mass is 188 g/mol. The smallest absolute Gasteiger partial charge is 0.220 e. The Hall–Kier alpha value is -1.84. The van der Waals surface area contributed by atoms with Crippen LogP contribution in [0.5, 0.6) is 0 Å². The molecule has 0 radical (unpaired) electrons. The lowest BCUT2D eigenvalue weighted by Gasteiger charge is -2.04. The van der Waals surface area contributed by atoms with Gasteiger partial charge in [-0.3, -0.25) is 0 Å². The summed E-state index contributed by atoms with van der Waals surface area (Å²) in [5.74, 6) is 0.321. The van der Waals surface area contributed by atoms with Gasteiger partial charge in [-0.05, 0) is 25.1 Å². The molecule has 0 amide bonds. The highest BCUT2D eigenvalue weighted by Gasteiger charge is 2.04. The molecular formula is C10H12N4. The Morgan fingerprint density at radius 1 is 1.36 bits per heavy atom. The van der Waals surface area contributed by atoms with E-state index in [4.69, 9.17) is 5.73 Å². The Labute approximate surface area is 82.4 Å². The van der Waals surface area contributed by atoms with Gasteiger partial charge in [0.25, 0.3) is 0 Å². The third-order valence-electron chi connectivity index (χ3n) is 2.08. The fourth-order valence-electron chi connectivity index (χ4n) is 1.45. The van der Waals surface area contributed by atoms with Crippen molar-refractivity contribution in [3.8, 4) is 11.4 Å². The van der Waals surface area contributed by atoms with Crippen LogP contribution in [0.1, 0.15) is 5.69 Å². The lowest BCUT2D eigenvalue weighted by molar-refractivity contribution is 0.928. The maximum Gasteiger partial charge on any atom is 0.220 e. The zero-order valence-corrected chi connectivity index (χ0v) is 8.23. The van der Waals surface area contributed by atoms with Gasteiger partial charge < -0.3 is 10.3 Å². The van der Waals surface area contributed by atoms with E-state index in [1.807, 2.05) is 42.9 Å². The number of nitrogen functional groups attached to an aromatic ring is 1. The van der Waals surface area contributed by atoms with E-state index in [-0.39, 0.29) is 0 Å². The van der Waals surface area contributed by atoms with Gasteiger partial charge in [0.05, 0.1) is 11.4 Å². The van der Waals surface area contributed by atoms with Crippen LogP contribution in [0, 0.1) is 6.92 Å². The SMILES string of the molecule is Cc1cc(-c2cccn2C)nc(N)n1. The average molecular weight is 188 g/mol. The molecule has 0 aromatic carbocycles. The molecule has 0 aliphatic carbocycles. The van der Waals surface area contributed by atoms with Crippen LogP contribution in [0.25, 0.3) is 11.4 Å². The van der Waals surface area contributed by atoms with Crippen LogP contribution in [0.15, 0.2) is 24.4 Å². The second kappa shape index (κ2) is 3.14. The summed E-state index contributed by atoms with van der Waals surface area (Å²) in [4.78, 5) is 8.21. The Morgan fingerprint density at radius 2 is 2.14 bits per heavy atom. The van der Waals surface area contributed by atoms with Gasteiger partial charge in [0.15, 0.2) is 0 Å². The van der Waals surface area contributed by atoms with Crippen LogP contribution in [-0.2, 0) is 7.05 Å². The van der Waals surface area contributed by atoms with Gasteiger partial charge in [0, 0.05) is 18.9 Å². The van der Waals surface area contributed by atoms with Gasteiger partial charge in [0.1, 0.15) is 0 Å². The van der Waals surface area contributed by atoms with Crippen LogP contribution in [-0.4, -0.2) is 14.5 Å². The molecule has 2 aromatic heterocycles. The zero-order chi connectivity index (χ0) is 10.1. The fraction of sp³-hybridized carbons (Fsp3) is 0.200. The first-order chi connectivity index (χ1) is 6.66. The molecule has 2 N–H and O–H groups in total. The second-order valence-electron chi connectivity index (χ2n) is 3.26. The number of nitrogens with two attached hydrogens (primary N) is 1. The topological polar surface area (TPSA) is 56.7 Å². The Morgan fingerprint density at radius 3 is 2.71 bits per heavy atom. The molecular weight excluding hydrogens is 176 g/mol. The van der Waals surface area contributed by atoms with Crippen LogP contribution >= 0.6 is 0 Å². The van der Waals surface area contributed by atoms with Crippen molar-refractivity contribution in [2.75, 3.05) is 5.73 Å². The van der Waals surface area contributed by atoms with Crippen LogP contribution in [0.3, 0.4) is 0 Å². The molecule has 72 valence electrons. The highest BCUT2D eigenvalue weighted by molar-refractivity contribution is 5.56. The Bertz CT molecular complexity index is 439. The van der Waals surface area contributed by atoms with Gasteiger partial charge >= 0.3 is 0 Å². The van der Waals surface area contributed by atoms with Gasteiger partial charge in [-0.25, -0.2) is 9.97 Å². The normalized spacial score (nSPS) is 10.4. The highest BCUT2D eigenvalue weighted by atomic mass is 15.0. The van der Waals surface area contributed by atoms with E-state index >= 15 is 0 Å². The molecule has 0 spiro atoms. The number of anilines is 1. The van der Waals surface area contributed by atoms with Crippen molar-refractivity contribution in [3.05, 3.63) is 30.1 Å². The van der Waals surface area contributed by atoms with Crippen LogP contribution in [0.4, 0.5) is 5.95 Å². The number of aryl methyl sites for hydroxylation is 2. The second-order valence-corrected chi connectivity index (χ2v) is 3.26. The average Bonchev–Trinajstić information content (AvgIpc) is 2.49. The van der Waals surface area contributed by atoms with E-state index in [1.165, 1.54) is 0 Å². The number of nitrogens with zero attached hydrogens (tertiary/aromatic N) is 3. The number of aromatic nitrogens is 3. The molecule has 4 heteroatoms. The molecule has 0 saturated carbocycles. The molecule has 0 saturated heterocycles. The van der Waals surface area contributed by atoms with Crippen molar-refractivity contribution in [1.29, 1.82) is 0 Å².